The number of H-pyrrole nitrogens is 1. The fourth-order valence-corrected chi connectivity index (χ4v) is 3.53. The number of nitrogens with zero attached hydrogens (tertiary/aromatic N) is 3. The van der Waals surface area contributed by atoms with E-state index in [1.807, 2.05) is 24.3 Å². The van der Waals surface area contributed by atoms with Crippen LogP contribution in [-0.2, 0) is 13.0 Å². The van der Waals surface area contributed by atoms with Crippen molar-refractivity contribution in [3.63, 3.8) is 0 Å². The largest absolute Gasteiger partial charge is 0.358 e. The summed E-state index contributed by atoms with van der Waals surface area (Å²) in [5.41, 5.74) is 6.47. The highest BCUT2D eigenvalue weighted by atomic mass is 16.1. The third kappa shape index (κ3) is 3.81. The van der Waals surface area contributed by atoms with Gasteiger partial charge in [-0.1, -0.05) is 23.8 Å². The summed E-state index contributed by atoms with van der Waals surface area (Å²) in [5, 5.41) is 8.39. The molecule has 2 aromatic heterocycles. The van der Waals surface area contributed by atoms with Crippen LogP contribution in [0.4, 0.5) is 0 Å². The smallest absolute Gasteiger partial charge is 0.251 e. The van der Waals surface area contributed by atoms with E-state index in [0.29, 0.717) is 18.7 Å². The summed E-state index contributed by atoms with van der Waals surface area (Å²) < 4.78 is 1.73. The molecule has 0 saturated heterocycles. The van der Waals surface area contributed by atoms with E-state index in [1.54, 1.807) is 11.0 Å². The summed E-state index contributed by atoms with van der Waals surface area (Å²) in [7, 11) is 0. The lowest BCUT2D eigenvalue weighted by Crippen LogP contribution is -2.26. The number of rotatable bonds is 6. The van der Waals surface area contributed by atoms with E-state index in [0.717, 1.165) is 23.2 Å². The Balaban J connectivity index is 1.41. The number of carbonyl (C=O) groups excluding carboxylic acids is 1. The van der Waals surface area contributed by atoms with Crippen molar-refractivity contribution in [2.24, 2.45) is 0 Å². The molecule has 6 heteroatoms. The van der Waals surface area contributed by atoms with Crippen LogP contribution < -0.4 is 5.32 Å². The zero-order valence-corrected chi connectivity index (χ0v) is 16.1. The van der Waals surface area contributed by atoms with Crippen molar-refractivity contribution in [3.8, 4) is 0 Å². The van der Waals surface area contributed by atoms with E-state index in [4.69, 9.17) is 0 Å². The first-order valence-electron chi connectivity index (χ1n) is 9.37. The van der Waals surface area contributed by atoms with Crippen molar-refractivity contribution >= 4 is 16.8 Å². The number of fused-ring (bicyclic) bond motifs is 1. The fourth-order valence-electron chi connectivity index (χ4n) is 3.53. The number of amides is 1. The minimum atomic E-state index is -0.0610. The molecule has 0 atom stereocenters. The molecule has 0 unspecified atom stereocenters. The highest BCUT2D eigenvalue weighted by Crippen LogP contribution is 2.23. The van der Waals surface area contributed by atoms with Crippen molar-refractivity contribution in [1.29, 1.82) is 0 Å². The Bertz CT molecular complexity index is 1110. The summed E-state index contributed by atoms with van der Waals surface area (Å²) in [6.07, 6.45) is 3.96. The van der Waals surface area contributed by atoms with Crippen LogP contribution in [0.3, 0.4) is 0 Å². The molecular formula is C22H23N5O. The van der Waals surface area contributed by atoms with Gasteiger partial charge in [0.15, 0.2) is 0 Å². The van der Waals surface area contributed by atoms with Crippen LogP contribution in [0.25, 0.3) is 10.9 Å². The molecule has 0 spiro atoms. The molecule has 0 radical (unpaired) electrons. The van der Waals surface area contributed by atoms with E-state index >= 15 is 0 Å². The van der Waals surface area contributed by atoms with Crippen LogP contribution in [0.5, 0.6) is 0 Å². The van der Waals surface area contributed by atoms with E-state index in [1.165, 1.54) is 22.8 Å². The maximum Gasteiger partial charge on any atom is 0.251 e. The van der Waals surface area contributed by atoms with Crippen LogP contribution >= 0.6 is 0 Å². The Morgan fingerprint density at radius 2 is 2.07 bits per heavy atom. The van der Waals surface area contributed by atoms with Gasteiger partial charge in [0.1, 0.15) is 12.7 Å². The minimum absolute atomic E-state index is 0.0610. The lowest BCUT2D eigenvalue weighted by Gasteiger charge is -2.08. The molecule has 4 rings (SSSR count). The first-order valence-corrected chi connectivity index (χ1v) is 9.37. The minimum Gasteiger partial charge on any atom is -0.358 e. The Kier molecular flexibility index (Phi) is 4.93. The SMILES string of the molecule is Cc1ccc2[nH]c(C)c(CCNC(=O)c3cccc(Cn4cncn4)c3)c2c1. The molecule has 28 heavy (non-hydrogen) atoms. The molecule has 0 aliphatic heterocycles. The summed E-state index contributed by atoms with van der Waals surface area (Å²) in [5.74, 6) is -0.0610. The molecular weight excluding hydrogens is 350 g/mol. The molecule has 4 aromatic rings. The molecule has 6 nitrogen and oxygen atoms in total. The summed E-state index contributed by atoms with van der Waals surface area (Å²) in [4.78, 5) is 19.9. The van der Waals surface area contributed by atoms with Gasteiger partial charge in [-0.3, -0.25) is 4.79 Å². The summed E-state index contributed by atoms with van der Waals surface area (Å²) in [6, 6.07) is 14.0. The molecule has 2 aromatic carbocycles. The van der Waals surface area contributed by atoms with Crippen LogP contribution in [0.1, 0.15) is 32.7 Å². The Morgan fingerprint density at radius 3 is 2.89 bits per heavy atom. The Labute approximate surface area is 163 Å². The second-order valence-electron chi connectivity index (χ2n) is 7.08. The average molecular weight is 373 g/mol. The number of hydrogen-bond donors (Lipinski definition) is 2. The van der Waals surface area contributed by atoms with Crippen molar-refractivity contribution in [3.05, 3.63) is 83.1 Å². The van der Waals surface area contributed by atoms with E-state index in [2.05, 4.69) is 52.4 Å². The molecule has 1 amide bonds. The molecule has 0 bridgehead atoms. The van der Waals surface area contributed by atoms with E-state index in [9.17, 15) is 4.79 Å². The van der Waals surface area contributed by atoms with Gasteiger partial charge in [0, 0.05) is 28.7 Å². The van der Waals surface area contributed by atoms with Crippen LogP contribution in [0, 0.1) is 13.8 Å². The lowest BCUT2D eigenvalue weighted by atomic mass is 10.1. The molecule has 0 saturated carbocycles. The van der Waals surface area contributed by atoms with Gasteiger partial charge in [-0.25, -0.2) is 9.67 Å². The molecule has 0 fully saturated rings. The number of aromatic nitrogens is 4. The van der Waals surface area contributed by atoms with Gasteiger partial charge in [-0.15, -0.1) is 0 Å². The molecule has 0 aliphatic carbocycles. The maximum absolute atomic E-state index is 12.6. The van der Waals surface area contributed by atoms with Gasteiger partial charge < -0.3 is 10.3 Å². The second kappa shape index (κ2) is 7.68. The van der Waals surface area contributed by atoms with Crippen molar-refractivity contribution in [1.82, 2.24) is 25.1 Å². The number of aromatic amines is 1. The van der Waals surface area contributed by atoms with Gasteiger partial charge in [0.2, 0.25) is 0 Å². The number of carbonyl (C=O) groups is 1. The van der Waals surface area contributed by atoms with E-state index in [-0.39, 0.29) is 5.91 Å². The average Bonchev–Trinajstić information content (AvgIpc) is 3.30. The zero-order valence-electron chi connectivity index (χ0n) is 16.1. The monoisotopic (exact) mass is 373 g/mol. The highest BCUT2D eigenvalue weighted by Gasteiger charge is 2.10. The van der Waals surface area contributed by atoms with Gasteiger partial charge in [0.05, 0.1) is 6.54 Å². The summed E-state index contributed by atoms with van der Waals surface area (Å²) in [6.45, 7) is 5.36. The third-order valence-corrected chi connectivity index (χ3v) is 4.94. The Hall–Kier alpha value is -3.41. The van der Waals surface area contributed by atoms with Gasteiger partial charge in [-0.05, 0) is 55.7 Å². The molecule has 2 heterocycles. The van der Waals surface area contributed by atoms with Gasteiger partial charge in [0.25, 0.3) is 5.91 Å². The third-order valence-electron chi connectivity index (χ3n) is 4.94. The Morgan fingerprint density at radius 1 is 1.18 bits per heavy atom. The molecule has 142 valence electrons. The van der Waals surface area contributed by atoms with Crippen molar-refractivity contribution in [2.75, 3.05) is 6.54 Å². The zero-order chi connectivity index (χ0) is 19.5. The van der Waals surface area contributed by atoms with Crippen LogP contribution in [0.2, 0.25) is 0 Å². The highest BCUT2D eigenvalue weighted by molar-refractivity contribution is 5.94. The molecule has 0 aliphatic rings. The predicted octanol–water partition coefficient (Wildman–Crippen LogP) is 3.40. The second-order valence-corrected chi connectivity index (χ2v) is 7.08. The van der Waals surface area contributed by atoms with Crippen molar-refractivity contribution < 1.29 is 4.79 Å². The topological polar surface area (TPSA) is 75.6 Å². The van der Waals surface area contributed by atoms with Gasteiger partial charge >= 0.3 is 0 Å². The summed E-state index contributed by atoms with van der Waals surface area (Å²) >= 11 is 0. The van der Waals surface area contributed by atoms with Crippen LogP contribution in [-0.4, -0.2) is 32.2 Å². The number of benzene rings is 2. The predicted molar refractivity (Wildman–Crippen MR) is 109 cm³/mol. The van der Waals surface area contributed by atoms with E-state index < -0.39 is 0 Å². The number of hydrogen-bond acceptors (Lipinski definition) is 3. The lowest BCUT2D eigenvalue weighted by molar-refractivity contribution is 0.0954. The quantitative estimate of drug-likeness (QED) is 0.544. The van der Waals surface area contributed by atoms with Crippen LogP contribution in [0.15, 0.2) is 55.1 Å². The maximum atomic E-state index is 12.6. The standard InChI is InChI=1S/C22H23N5O/c1-15-6-7-21-20(10-15)19(16(2)26-21)8-9-24-22(28)18-5-3-4-17(11-18)12-27-14-23-13-25-27/h3-7,10-11,13-14,26H,8-9,12H2,1-2H3,(H,24,28). The fraction of sp³-hybridized carbons (Fsp3) is 0.227. The normalized spacial score (nSPS) is 11.1. The van der Waals surface area contributed by atoms with Crippen molar-refractivity contribution in [2.45, 2.75) is 26.8 Å². The first-order chi connectivity index (χ1) is 13.6. The number of nitrogens with one attached hydrogen (secondary N) is 2. The number of aryl methyl sites for hydroxylation is 2. The first kappa shape index (κ1) is 18.0. The van der Waals surface area contributed by atoms with Gasteiger partial charge in [-0.2, -0.15) is 5.10 Å². The molecule has 2 N–H and O–H groups in total.